The van der Waals surface area contributed by atoms with Crippen molar-refractivity contribution in [1.82, 2.24) is 14.6 Å². The van der Waals surface area contributed by atoms with Crippen LogP contribution in [0.25, 0.3) is 11.4 Å². The van der Waals surface area contributed by atoms with E-state index in [0.717, 1.165) is 31.0 Å². The van der Waals surface area contributed by atoms with Crippen molar-refractivity contribution in [2.75, 3.05) is 19.6 Å². The van der Waals surface area contributed by atoms with E-state index < -0.39 is 11.9 Å². The number of aliphatic hydroxyl groups excluding tert-OH is 1. The maximum absolute atomic E-state index is 11.9. The molecule has 1 aromatic heterocycles. The maximum Gasteiger partial charge on any atom is 0.441 e. The molecule has 1 fully saturated rings. The van der Waals surface area contributed by atoms with Crippen LogP contribution >= 0.6 is 0 Å². The Morgan fingerprint density at radius 2 is 2.00 bits per heavy atom. The van der Waals surface area contributed by atoms with E-state index >= 15 is 0 Å². The summed E-state index contributed by atoms with van der Waals surface area (Å²) in [4.78, 5) is 14.2. The van der Waals surface area contributed by atoms with E-state index in [0.29, 0.717) is 18.3 Å². The fourth-order valence-electron chi connectivity index (χ4n) is 3.31. The zero-order chi connectivity index (χ0) is 17.1. The van der Waals surface area contributed by atoms with Crippen LogP contribution in [-0.2, 0) is 6.54 Å². The van der Waals surface area contributed by atoms with E-state index in [4.69, 9.17) is 4.52 Å². The minimum Gasteiger partial charge on any atom is -0.390 e. The van der Waals surface area contributed by atoms with Crippen molar-refractivity contribution in [3.63, 3.8) is 0 Å². The van der Waals surface area contributed by atoms with E-state index in [9.17, 15) is 9.90 Å². The molecule has 3 atom stereocenters. The summed E-state index contributed by atoms with van der Waals surface area (Å²) < 4.78 is 6.22. The predicted molar refractivity (Wildman–Crippen MR) is 91.6 cm³/mol. The minimum absolute atomic E-state index is 0.187. The molecule has 1 aliphatic heterocycles. The third-order valence-electron chi connectivity index (χ3n) is 5.00. The van der Waals surface area contributed by atoms with Crippen LogP contribution in [0.15, 0.2) is 39.6 Å². The summed E-state index contributed by atoms with van der Waals surface area (Å²) in [6.45, 7) is 7.26. The number of piperidine rings is 1. The summed E-state index contributed by atoms with van der Waals surface area (Å²) in [6, 6.07) is 9.40. The first-order valence-electron chi connectivity index (χ1n) is 8.57. The Hall–Kier alpha value is -1.92. The molecule has 24 heavy (non-hydrogen) atoms. The molecule has 0 aliphatic carbocycles. The molecule has 6 nitrogen and oxygen atoms in total. The first kappa shape index (κ1) is 16.9. The molecular formula is C18H25N3O3. The Labute approximate surface area is 141 Å². The molecular weight excluding hydrogens is 306 g/mol. The number of hydrogen-bond donors (Lipinski definition) is 1. The van der Waals surface area contributed by atoms with Crippen molar-refractivity contribution in [2.24, 2.45) is 11.8 Å². The van der Waals surface area contributed by atoms with Gasteiger partial charge in [0, 0.05) is 18.7 Å². The normalized spacial score (nSPS) is 23.3. The summed E-state index contributed by atoms with van der Waals surface area (Å²) in [5, 5.41) is 14.3. The molecule has 2 heterocycles. The SMILES string of the molecule is CC1CCN(CC(O)Cn2c(-c3ccccc3)noc2=O)CC1C. The van der Waals surface area contributed by atoms with Crippen molar-refractivity contribution in [3.8, 4) is 11.4 Å². The molecule has 0 bridgehead atoms. The molecule has 130 valence electrons. The molecule has 0 saturated carbocycles. The van der Waals surface area contributed by atoms with Crippen molar-refractivity contribution in [1.29, 1.82) is 0 Å². The number of rotatable bonds is 5. The van der Waals surface area contributed by atoms with Crippen LogP contribution in [0.5, 0.6) is 0 Å². The molecule has 0 radical (unpaired) electrons. The van der Waals surface area contributed by atoms with Gasteiger partial charge in [0.15, 0.2) is 5.82 Å². The van der Waals surface area contributed by atoms with Crippen LogP contribution in [-0.4, -0.2) is 45.5 Å². The van der Waals surface area contributed by atoms with Gasteiger partial charge in [0.05, 0.1) is 12.6 Å². The predicted octanol–water partition coefficient (Wildman–Crippen LogP) is 1.84. The minimum atomic E-state index is -0.634. The Balaban J connectivity index is 1.68. The van der Waals surface area contributed by atoms with Crippen molar-refractivity contribution in [2.45, 2.75) is 32.9 Å². The van der Waals surface area contributed by atoms with Gasteiger partial charge < -0.3 is 10.0 Å². The third kappa shape index (κ3) is 3.76. The van der Waals surface area contributed by atoms with Gasteiger partial charge >= 0.3 is 5.76 Å². The number of β-amino-alcohol motifs (C(OH)–C–C–N with tert-alkyl or cyclic N) is 1. The van der Waals surface area contributed by atoms with Crippen LogP contribution in [0, 0.1) is 11.8 Å². The Bertz CT molecular complexity index is 710. The van der Waals surface area contributed by atoms with Gasteiger partial charge in [-0.25, -0.2) is 4.79 Å². The van der Waals surface area contributed by atoms with E-state index in [1.54, 1.807) is 0 Å². The van der Waals surface area contributed by atoms with E-state index in [2.05, 4.69) is 23.9 Å². The number of aliphatic hydroxyl groups is 1. The van der Waals surface area contributed by atoms with Gasteiger partial charge in [-0.15, -0.1) is 0 Å². The number of benzene rings is 1. The number of likely N-dealkylation sites (tertiary alicyclic amines) is 1. The highest BCUT2D eigenvalue weighted by Gasteiger charge is 2.25. The highest BCUT2D eigenvalue weighted by molar-refractivity contribution is 5.54. The molecule has 6 heteroatoms. The van der Waals surface area contributed by atoms with Crippen LogP contribution in [0.1, 0.15) is 20.3 Å². The first-order valence-corrected chi connectivity index (χ1v) is 8.57. The van der Waals surface area contributed by atoms with Gasteiger partial charge in [0.25, 0.3) is 0 Å². The number of hydrogen-bond acceptors (Lipinski definition) is 5. The molecule has 1 aromatic carbocycles. The standard InChI is InChI=1S/C18H25N3O3/c1-13-8-9-20(10-14(13)2)11-16(22)12-21-17(19-24-18(21)23)15-6-4-3-5-7-15/h3-7,13-14,16,22H,8-12H2,1-2H3. The van der Waals surface area contributed by atoms with Crippen LogP contribution in [0.2, 0.25) is 0 Å². The second-order valence-corrected chi connectivity index (χ2v) is 6.91. The van der Waals surface area contributed by atoms with Crippen LogP contribution in [0.4, 0.5) is 0 Å². The van der Waals surface area contributed by atoms with E-state index in [-0.39, 0.29) is 6.54 Å². The van der Waals surface area contributed by atoms with E-state index in [1.807, 2.05) is 30.3 Å². The summed E-state index contributed by atoms with van der Waals surface area (Å²) in [6.07, 6.45) is 0.515. The molecule has 0 spiro atoms. The first-order chi connectivity index (χ1) is 11.5. The zero-order valence-electron chi connectivity index (χ0n) is 14.3. The van der Waals surface area contributed by atoms with Crippen LogP contribution < -0.4 is 5.76 Å². The molecule has 1 N–H and O–H groups in total. The smallest absolute Gasteiger partial charge is 0.390 e. The molecule has 3 rings (SSSR count). The highest BCUT2D eigenvalue weighted by Crippen LogP contribution is 2.22. The second-order valence-electron chi connectivity index (χ2n) is 6.91. The van der Waals surface area contributed by atoms with Gasteiger partial charge in [-0.1, -0.05) is 49.3 Å². The van der Waals surface area contributed by atoms with Gasteiger partial charge in [-0.05, 0) is 24.8 Å². The molecule has 0 amide bonds. The number of aromatic nitrogens is 2. The average Bonchev–Trinajstić information content (AvgIpc) is 2.93. The molecule has 3 unspecified atom stereocenters. The fourth-order valence-corrected chi connectivity index (χ4v) is 3.31. The lowest BCUT2D eigenvalue weighted by atomic mass is 9.88. The maximum atomic E-state index is 11.9. The largest absolute Gasteiger partial charge is 0.441 e. The Kier molecular flexibility index (Phi) is 5.16. The van der Waals surface area contributed by atoms with Crippen LogP contribution in [0.3, 0.4) is 0 Å². The lowest BCUT2D eigenvalue weighted by molar-refractivity contribution is 0.0613. The topological polar surface area (TPSA) is 71.5 Å². The quantitative estimate of drug-likeness (QED) is 0.905. The summed E-state index contributed by atoms with van der Waals surface area (Å²) in [7, 11) is 0. The summed E-state index contributed by atoms with van der Waals surface area (Å²) in [5.41, 5.74) is 0.802. The third-order valence-corrected chi connectivity index (χ3v) is 5.00. The van der Waals surface area contributed by atoms with Crippen molar-refractivity contribution < 1.29 is 9.63 Å². The van der Waals surface area contributed by atoms with Crippen molar-refractivity contribution in [3.05, 3.63) is 40.9 Å². The fraction of sp³-hybridized carbons (Fsp3) is 0.556. The van der Waals surface area contributed by atoms with Gasteiger partial charge in [-0.2, -0.15) is 0 Å². The Morgan fingerprint density at radius 3 is 2.71 bits per heavy atom. The zero-order valence-corrected chi connectivity index (χ0v) is 14.3. The summed E-state index contributed by atoms with van der Waals surface area (Å²) in [5.74, 6) is 1.28. The number of nitrogens with zero attached hydrogens (tertiary/aromatic N) is 3. The Morgan fingerprint density at radius 1 is 1.25 bits per heavy atom. The molecule has 1 saturated heterocycles. The summed E-state index contributed by atoms with van der Waals surface area (Å²) >= 11 is 0. The lowest BCUT2D eigenvalue weighted by Crippen LogP contribution is -2.43. The van der Waals surface area contributed by atoms with Gasteiger partial charge in [0.2, 0.25) is 0 Å². The second kappa shape index (κ2) is 7.32. The lowest BCUT2D eigenvalue weighted by Gasteiger charge is -2.36. The van der Waals surface area contributed by atoms with Crippen molar-refractivity contribution >= 4 is 0 Å². The average molecular weight is 331 g/mol. The highest BCUT2D eigenvalue weighted by atomic mass is 16.5. The van der Waals surface area contributed by atoms with Gasteiger partial charge in [0.1, 0.15) is 0 Å². The monoisotopic (exact) mass is 331 g/mol. The molecule has 2 aromatic rings. The molecule has 1 aliphatic rings. The van der Waals surface area contributed by atoms with Gasteiger partial charge in [-0.3, -0.25) is 9.09 Å². The van der Waals surface area contributed by atoms with E-state index in [1.165, 1.54) is 4.57 Å².